The summed E-state index contributed by atoms with van der Waals surface area (Å²) in [7, 11) is 0. The molecule has 0 aromatic carbocycles. The molecule has 0 spiro atoms. The van der Waals surface area contributed by atoms with Crippen LogP contribution >= 0.6 is 0 Å². The first-order chi connectivity index (χ1) is 1.73. The van der Waals surface area contributed by atoms with E-state index < -0.39 is 5.89 Å². The standard InChI is InChI=1S/Al.BH2O2.2H/c;2-1-3;;/h;2-3H;;/q-1;+1;;. The van der Waals surface area contributed by atoms with Gasteiger partial charge in [0, 0.05) is 0 Å². The van der Waals surface area contributed by atoms with Crippen LogP contribution in [0.1, 0.15) is 0 Å². The van der Waals surface area contributed by atoms with Crippen LogP contribution in [-0.4, -0.2) is 32.1 Å². The van der Waals surface area contributed by atoms with E-state index in [4.69, 9.17) is 10.0 Å². The number of hydrogen-bond donors (Lipinski definition) is 2. The average molecular weight is 73.8 g/mol. The second-order valence-corrected chi connectivity index (χ2v) is 1.66. The Morgan fingerprint density at radius 3 is 1.50 bits per heavy atom. The minimum absolute atomic E-state index is 0.460. The van der Waals surface area contributed by atoms with Crippen molar-refractivity contribution in [3.05, 3.63) is 0 Å². The van der Waals surface area contributed by atoms with Crippen molar-refractivity contribution >= 4 is 22.0 Å². The van der Waals surface area contributed by atoms with Crippen molar-refractivity contribution in [1.82, 2.24) is 0 Å². The van der Waals surface area contributed by atoms with Crippen molar-refractivity contribution < 1.29 is 10.0 Å². The topological polar surface area (TPSA) is 40.5 Å². The van der Waals surface area contributed by atoms with E-state index in [0.29, 0.717) is 16.1 Å². The highest BCUT2D eigenvalue weighted by atomic mass is 27.0. The van der Waals surface area contributed by atoms with E-state index in [1.807, 2.05) is 0 Å². The lowest BCUT2D eigenvalue weighted by molar-refractivity contribution is 0.435. The van der Waals surface area contributed by atoms with Crippen molar-refractivity contribution in [2.45, 2.75) is 0 Å². The molecule has 0 aliphatic heterocycles. The van der Waals surface area contributed by atoms with Gasteiger partial charge in [0.05, 0.1) is 0 Å². The Balaban J connectivity index is 2.32. The molecule has 0 aliphatic rings. The largest absolute Gasteiger partial charge is 0.438 e. The van der Waals surface area contributed by atoms with Crippen molar-refractivity contribution in [1.29, 1.82) is 0 Å². The fraction of sp³-hybridized carbons (Fsp3) is 0. The fourth-order valence-corrected chi connectivity index (χ4v) is 0. The smallest absolute Gasteiger partial charge is 0.348 e. The summed E-state index contributed by atoms with van der Waals surface area (Å²) < 4.78 is 0. The van der Waals surface area contributed by atoms with Crippen molar-refractivity contribution in [2.24, 2.45) is 0 Å². The predicted molar refractivity (Wildman–Crippen MR) is 18.7 cm³/mol. The molecule has 4 heteroatoms. The molecule has 2 nitrogen and oxygen atoms in total. The summed E-state index contributed by atoms with van der Waals surface area (Å²) >= 11 is 0.460. The third-order valence-corrected chi connectivity index (χ3v) is 0. The Morgan fingerprint density at radius 1 is 1.50 bits per heavy atom. The minimum atomic E-state index is -1.03. The summed E-state index contributed by atoms with van der Waals surface area (Å²) in [5, 5.41) is 15.3. The van der Waals surface area contributed by atoms with Crippen LogP contribution in [0, 0.1) is 0 Å². The van der Waals surface area contributed by atoms with Crippen molar-refractivity contribution in [3.63, 3.8) is 0 Å². The first-order valence-electron chi connectivity index (χ1n) is 1.09. The van der Waals surface area contributed by atoms with Crippen LogP contribution in [0.25, 0.3) is 0 Å². The fourth-order valence-electron chi connectivity index (χ4n) is 0. The maximum absolute atomic E-state index is 7.67. The monoisotopic (exact) mass is 74.0 g/mol. The van der Waals surface area contributed by atoms with Crippen LogP contribution < -0.4 is 0 Å². The molecule has 0 heterocycles. The third-order valence-electron chi connectivity index (χ3n) is 0. The Bertz CT molecular complexity index is 10.8. The Labute approximate surface area is 32.9 Å². The Hall–Kier alpha value is 0.517. The predicted octanol–water partition coefficient (Wildman–Crippen LogP) is -2.41. The zero-order chi connectivity index (χ0) is 3.58. The van der Waals surface area contributed by atoms with Gasteiger partial charge in [0.1, 0.15) is 0 Å². The van der Waals surface area contributed by atoms with Gasteiger partial charge in [0.2, 0.25) is 0 Å². The highest BCUT2D eigenvalue weighted by Crippen LogP contribution is 1.38. The van der Waals surface area contributed by atoms with Gasteiger partial charge in [-0.05, 0) is 0 Å². The minimum Gasteiger partial charge on any atom is -0.438 e. The molecule has 0 unspecified atom stereocenters. The van der Waals surface area contributed by atoms with Crippen molar-refractivity contribution in [3.8, 4) is 0 Å². The van der Waals surface area contributed by atoms with E-state index in [1.54, 1.807) is 0 Å². The average Bonchev–Trinajstić information content (AvgIpc) is 0.811. The molecule has 0 saturated carbocycles. The van der Waals surface area contributed by atoms with Gasteiger partial charge in [-0.15, -0.1) is 0 Å². The molecule has 4 heavy (non-hydrogen) atoms. The van der Waals surface area contributed by atoms with Crippen molar-refractivity contribution in [2.75, 3.05) is 0 Å². The number of rotatable bonds is 0. The highest BCUT2D eigenvalue weighted by molar-refractivity contribution is 6.93. The summed E-state index contributed by atoms with van der Waals surface area (Å²) in [6.45, 7) is 0. The summed E-state index contributed by atoms with van der Waals surface area (Å²) in [6, 6.07) is 0. The zero-order valence-corrected chi connectivity index (χ0v) is 4.47. The maximum Gasteiger partial charge on any atom is 0.348 e. The van der Waals surface area contributed by atoms with Gasteiger partial charge < -0.3 is 10.0 Å². The normalized spacial score (nSPS) is 6.50. The summed E-state index contributed by atoms with van der Waals surface area (Å²) in [5.41, 5.74) is 0. The first kappa shape index (κ1) is 4.52. The van der Waals surface area contributed by atoms with E-state index in [1.165, 1.54) is 0 Å². The molecule has 0 radical (unpaired) electrons. The van der Waals surface area contributed by atoms with Gasteiger partial charge in [-0.3, -0.25) is 0 Å². The van der Waals surface area contributed by atoms with Gasteiger partial charge in [-0.25, -0.2) is 0 Å². The molecule has 2 N–H and O–H groups in total. The Morgan fingerprint density at radius 2 is 1.50 bits per heavy atom. The lowest BCUT2D eigenvalue weighted by Crippen LogP contribution is -2.08. The summed E-state index contributed by atoms with van der Waals surface area (Å²) in [5.74, 6) is -1.03. The lowest BCUT2D eigenvalue weighted by atomic mass is 10.4. The molecule has 0 atom stereocenters. The third kappa shape index (κ3) is 21.7. The lowest BCUT2D eigenvalue weighted by Gasteiger charge is -1.72. The second-order valence-electron chi connectivity index (χ2n) is 0.632. The van der Waals surface area contributed by atoms with E-state index in [-0.39, 0.29) is 0 Å². The van der Waals surface area contributed by atoms with Crippen LogP contribution in [0.15, 0.2) is 0 Å². The molecule has 0 aliphatic carbocycles. The molecular formula is H4AlBO2. The van der Waals surface area contributed by atoms with Gasteiger partial charge in [0.15, 0.2) is 0 Å². The van der Waals surface area contributed by atoms with Gasteiger partial charge in [-0.2, -0.15) is 0 Å². The molecule has 22 valence electrons. The molecule has 0 saturated heterocycles. The van der Waals surface area contributed by atoms with E-state index in [0.717, 1.165) is 0 Å². The molecule has 0 rings (SSSR count). The van der Waals surface area contributed by atoms with Gasteiger partial charge >= 0.3 is 5.89 Å². The first-order valence-corrected chi connectivity index (χ1v) is 2.25. The zero-order valence-electron chi connectivity index (χ0n) is 2.47. The molecular weight excluding hydrogens is 69.8 g/mol. The van der Waals surface area contributed by atoms with Crippen LogP contribution in [-0.2, 0) is 0 Å². The highest BCUT2D eigenvalue weighted by Gasteiger charge is 1.85. The van der Waals surface area contributed by atoms with Crippen LogP contribution in [0.2, 0.25) is 0 Å². The SMILES string of the molecule is O[B](O)[AlH2]. The quantitative estimate of drug-likeness (QED) is 0.314. The summed E-state index contributed by atoms with van der Waals surface area (Å²) in [4.78, 5) is 0. The molecule has 0 aromatic heterocycles. The molecule has 0 fully saturated rings. The molecule has 0 amide bonds. The number of hydrogen-bond acceptors (Lipinski definition) is 2. The Kier molecular flexibility index (Phi) is 2.03. The molecule has 0 aromatic rings. The van der Waals surface area contributed by atoms with Crippen LogP contribution in [0.3, 0.4) is 0 Å². The van der Waals surface area contributed by atoms with Crippen LogP contribution in [0.5, 0.6) is 0 Å². The van der Waals surface area contributed by atoms with Gasteiger partial charge in [-0.1, -0.05) is 0 Å². The maximum atomic E-state index is 7.67. The summed E-state index contributed by atoms with van der Waals surface area (Å²) in [6.07, 6.45) is 0. The second kappa shape index (κ2) is 1.80. The van der Waals surface area contributed by atoms with E-state index in [9.17, 15) is 0 Å². The van der Waals surface area contributed by atoms with Gasteiger partial charge in [0.25, 0.3) is 16.1 Å². The van der Waals surface area contributed by atoms with E-state index >= 15 is 0 Å². The van der Waals surface area contributed by atoms with Crippen LogP contribution in [0.4, 0.5) is 0 Å². The van der Waals surface area contributed by atoms with E-state index in [2.05, 4.69) is 0 Å². The molecule has 0 bridgehead atoms.